The van der Waals surface area contributed by atoms with Crippen LogP contribution < -0.4 is 25.4 Å². The van der Waals surface area contributed by atoms with Gasteiger partial charge >= 0.3 is 6.18 Å². The molecule has 2 saturated heterocycles. The highest BCUT2D eigenvalue weighted by molar-refractivity contribution is 7.22. The maximum Gasteiger partial charge on any atom is 0.416 e. The first-order chi connectivity index (χ1) is 31.4. The lowest BCUT2D eigenvalue weighted by molar-refractivity contribution is -0.137. The SMILES string of the molecule is CCc1c(N2CCN(C(=O)c3ncnc(C)c3OCc3ccccc3)CC2)c(=O)n2nc(-c3ccc4nc(N5CCOCC5)sc4c3)nc2n1CC(=O)Nc1ccc(C(F)(F)F)cc1Cl. The number of amides is 2. The molecular formula is C44H41ClF3N11O5S. The molecule has 0 unspecified atom stereocenters. The van der Waals surface area contributed by atoms with Gasteiger partial charge in [-0.15, -0.1) is 5.10 Å². The van der Waals surface area contributed by atoms with Crippen LogP contribution >= 0.6 is 22.9 Å². The number of morpholine rings is 1. The van der Waals surface area contributed by atoms with Gasteiger partial charge in [0.25, 0.3) is 11.5 Å². The van der Waals surface area contributed by atoms with E-state index in [0.29, 0.717) is 30.2 Å². The number of thiazole rings is 1. The zero-order valence-electron chi connectivity index (χ0n) is 35.1. The van der Waals surface area contributed by atoms with E-state index in [-0.39, 0.29) is 84.6 Å². The number of halogens is 4. The Morgan fingerprint density at radius 3 is 2.43 bits per heavy atom. The molecule has 0 bridgehead atoms. The molecule has 0 saturated carbocycles. The van der Waals surface area contributed by atoms with Gasteiger partial charge in [0, 0.05) is 44.8 Å². The number of nitrogens with zero attached hydrogens (tertiary/aromatic N) is 10. The first-order valence-electron chi connectivity index (χ1n) is 20.8. The Labute approximate surface area is 378 Å². The van der Waals surface area contributed by atoms with Crippen LogP contribution in [0.5, 0.6) is 5.75 Å². The van der Waals surface area contributed by atoms with Crippen molar-refractivity contribution < 1.29 is 32.2 Å². The van der Waals surface area contributed by atoms with Gasteiger partial charge in [-0.05, 0) is 55.3 Å². The number of piperazine rings is 1. The van der Waals surface area contributed by atoms with Gasteiger partial charge in [-0.1, -0.05) is 60.2 Å². The van der Waals surface area contributed by atoms with Crippen LogP contribution in [0.25, 0.3) is 27.4 Å². The Morgan fingerprint density at radius 1 is 0.938 bits per heavy atom. The number of rotatable bonds is 11. The predicted octanol–water partition coefficient (Wildman–Crippen LogP) is 6.52. The number of carbonyl (C=O) groups excluding carboxylic acids is 2. The van der Waals surface area contributed by atoms with Crippen molar-refractivity contribution in [3.8, 4) is 17.1 Å². The molecule has 0 radical (unpaired) electrons. The number of benzene rings is 3. The minimum absolute atomic E-state index is 0.0234. The third-order valence-corrected chi connectivity index (χ3v) is 12.6. The van der Waals surface area contributed by atoms with Gasteiger partial charge in [-0.2, -0.15) is 22.7 Å². The second-order valence-electron chi connectivity index (χ2n) is 15.4. The molecule has 65 heavy (non-hydrogen) atoms. The quantitative estimate of drug-likeness (QED) is 0.150. The van der Waals surface area contributed by atoms with E-state index in [0.717, 1.165) is 56.7 Å². The topological polar surface area (TPSA) is 165 Å². The molecule has 0 spiro atoms. The third-order valence-electron chi connectivity index (χ3n) is 11.2. The average molecular weight is 928 g/mol. The molecule has 6 heterocycles. The number of hydrogen-bond donors (Lipinski definition) is 1. The monoisotopic (exact) mass is 927 g/mol. The Hall–Kier alpha value is -6.64. The van der Waals surface area contributed by atoms with Crippen LogP contribution in [0.15, 0.2) is 77.9 Å². The van der Waals surface area contributed by atoms with Crippen molar-refractivity contribution >= 4 is 67.3 Å². The standard InChI is InChI=1S/C44H41ClF3N11O5S/c1-3-33-37(55-13-15-56(16-14-55)40(61)36-38(26(2)49-25-50-36)64-24-27-7-5-4-6-8-27)41(62)59-42(58(33)23-35(60)51-31-12-10-29(22-30(31)45)44(46,47)48)53-39(54-59)28-9-11-32-34(21-28)65-43(52-32)57-17-19-63-20-18-57/h4-12,21-22,25H,3,13-20,23-24H2,1-2H3,(H,51,60). The van der Waals surface area contributed by atoms with Crippen LogP contribution in [-0.2, 0) is 35.3 Å². The van der Waals surface area contributed by atoms with Crippen molar-refractivity contribution in [3.05, 3.63) is 117 Å². The molecule has 16 nitrogen and oxygen atoms in total. The van der Waals surface area contributed by atoms with Gasteiger partial charge in [-0.25, -0.2) is 15.0 Å². The number of hydrogen-bond acceptors (Lipinski definition) is 13. The number of nitrogens with one attached hydrogen (secondary N) is 1. The van der Waals surface area contributed by atoms with Crippen molar-refractivity contribution in [1.29, 1.82) is 0 Å². The highest BCUT2D eigenvalue weighted by atomic mass is 35.5. The summed E-state index contributed by atoms with van der Waals surface area (Å²) in [5, 5.41) is 7.90. The summed E-state index contributed by atoms with van der Waals surface area (Å²) in [6.45, 7) is 7.01. The van der Waals surface area contributed by atoms with Gasteiger partial charge in [0.2, 0.25) is 11.7 Å². The van der Waals surface area contributed by atoms with Crippen LogP contribution in [0.2, 0.25) is 5.02 Å². The Kier molecular flexibility index (Phi) is 12.1. The molecule has 2 fully saturated rings. The molecule has 9 rings (SSSR count). The number of fused-ring (bicyclic) bond motifs is 2. The zero-order chi connectivity index (χ0) is 45.4. The highest BCUT2D eigenvalue weighted by Gasteiger charge is 2.33. The number of aromatic nitrogens is 7. The molecule has 0 aliphatic carbocycles. The molecule has 7 aromatic rings. The van der Waals surface area contributed by atoms with E-state index in [1.54, 1.807) is 16.4 Å². The first kappa shape index (κ1) is 43.6. The lowest BCUT2D eigenvalue weighted by Gasteiger charge is -2.36. The molecule has 2 amide bonds. The summed E-state index contributed by atoms with van der Waals surface area (Å²) in [6, 6.07) is 17.8. The summed E-state index contributed by atoms with van der Waals surface area (Å²) >= 11 is 7.75. The molecular weight excluding hydrogens is 887 g/mol. The van der Waals surface area contributed by atoms with Crippen LogP contribution in [0.3, 0.4) is 0 Å². The fraction of sp³-hybridized carbons (Fsp3) is 0.318. The minimum atomic E-state index is -4.63. The molecule has 0 atom stereocenters. The van der Waals surface area contributed by atoms with Crippen molar-refractivity contribution in [3.63, 3.8) is 0 Å². The molecule has 336 valence electrons. The van der Waals surface area contributed by atoms with E-state index in [1.807, 2.05) is 60.4 Å². The van der Waals surface area contributed by atoms with Crippen molar-refractivity contribution in [2.24, 2.45) is 0 Å². The van der Waals surface area contributed by atoms with Gasteiger partial charge in [0.05, 0.1) is 51.1 Å². The van der Waals surface area contributed by atoms with E-state index in [9.17, 15) is 27.6 Å². The zero-order valence-corrected chi connectivity index (χ0v) is 36.7. The number of ether oxygens (including phenoxy) is 2. The summed E-state index contributed by atoms with van der Waals surface area (Å²) in [7, 11) is 0. The predicted molar refractivity (Wildman–Crippen MR) is 239 cm³/mol. The van der Waals surface area contributed by atoms with E-state index < -0.39 is 29.8 Å². The summed E-state index contributed by atoms with van der Waals surface area (Å²) < 4.78 is 55.5. The smallest absolute Gasteiger partial charge is 0.416 e. The lowest BCUT2D eigenvalue weighted by Crippen LogP contribution is -2.51. The van der Waals surface area contributed by atoms with Crippen molar-refractivity contribution in [2.75, 3.05) is 67.6 Å². The summed E-state index contributed by atoms with van der Waals surface area (Å²) in [6.07, 6.45) is -3.03. The number of aryl methyl sites for hydroxylation is 1. The number of anilines is 3. The van der Waals surface area contributed by atoms with Crippen LogP contribution in [0.4, 0.5) is 29.7 Å². The van der Waals surface area contributed by atoms with Crippen LogP contribution in [0, 0.1) is 6.92 Å². The maximum absolute atomic E-state index is 14.7. The third kappa shape index (κ3) is 8.92. The van der Waals surface area contributed by atoms with Gasteiger partial charge in [0.15, 0.2) is 22.4 Å². The minimum Gasteiger partial charge on any atom is -0.485 e. The Bertz CT molecular complexity index is 2990. The van der Waals surface area contributed by atoms with Gasteiger partial charge < -0.3 is 34.1 Å². The van der Waals surface area contributed by atoms with E-state index in [4.69, 9.17) is 36.1 Å². The van der Waals surface area contributed by atoms with E-state index in [2.05, 4.69) is 20.2 Å². The van der Waals surface area contributed by atoms with Crippen molar-refractivity contribution in [2.45, 2.75) is 39.6 Å². The molecule has 21 heteroatoms. The van der Waals surface area contributed by atoms with Crippen LogP contribution in [0.1, 0.15) is 39.9 Å². The molecule has 2 aliphatic rings. The second kappa shape index (κ2) is 18.1. The Morgan fingerprint density at radius 2 is 1.71 bits per heavy atom. The maximum atomic E-state index is 14.7. The molecule has 1 N–H and O–H groups in total. The lowest BCUT2D eigenvalue weighted by atomic mass is 10.2. The summed E-state index contributed by atoms with van der Waals surface area (Å²) in [5.41, 5.74) is 2.23. The van der Waals surface area contributed by atoms with Gasteiger partial charge in [0.1, 0.15) is 25.2 Å². The van der Waals surface area contributed by atoms with Gasteiger partial charge in [-0.3, -0.25) is 14.4 Å². The molecule has 4 aromatic heterocycles. The summed E-state index contributed by atoms with van der Waals surface area (Å²) in [4.78, 5) is 66.5. The normalized spacial score (nSPS) is 14.6. The Balaban J connectivity index is 1.04. The molecule has 3 aromatic carbocycles. The highest BCUT2D eigenvalue weighted by Crippen LogP contribution is 2.35. The van der Waals surface area contributed by atoms with E-state index >= 15 is 0 Å². The summed E-state index contributed by atoms with van der Waals surface area (Å²) in [5.74, 6) is -0.393. The average Bonchev–Trinajstić information content (AvgIpc) is 3.96. The van der Waals surface area contributed by atoms with Crippen molar-refractivity contribution in [1.82, 2.24) is 39.0 Å². The second-order valence-corrected chi connectivity index (χ2v) is 16.8. The first-order valence-corrected chi connectivity index (χ1v) is 22.0. The molecule has 2 aliphatic heterocycles. The van der Waals surface area contributed by atoms with Crippen LogP contribution in [-0.4, -0.2) is 103 Å². The fourth-order valence-electron chi connectivity index (χ4n) is 7.92. The van der Waals surface area contributed by atoms with E-state index in [1.165, 1.54) is 17.7 Å². The fourth-order valence-corrected chi connectivity index (χ4v) is 9.20. The number of carbonyl (C=O) groups is 2. The largest absolute Gasteiger partial charge is 0.485 e. The number of alkyl halides is 3.